The lowest BCUT2D eigenvalue weighted by Gasteiger charge is -2.50. The van der Waals surface area contributed by atoms with Gasteiger partial charge >= 0.3 is 0 Å². The number of fused-ring (bicyclic) bond motifs is 2. The molecule has 0 radical (unpaired) electrons. The van der Waals surface area contributed by atoms with Crippen LogP contribution in [0.3, 0.4) is 0 Å². The quantitative estimate of drug-likeness (QED) is 0.535. The van der Waals surface area contributed by atoms with Gasteiger partial charge in [-0.25, -0.2) is 6.57 Å². The van der Waals surface area contributed by atoms with Gasteiger partial charge in [0.1, 0.15) is 0 Å². The highest BCUT2D eigenvalue weighted by Crippen LogP contribution is 2.59. The molecule has 2 aromatic rings. The lowest BCUT2D eigenvalue weighted by atomic mass is 9.51. The van der Waals surface area contributed by atoms with Crippen LogP contribution < -0.4 is 0 Å². The second-order valence-electron chi connectivity index (χ2n) is 8.15. The van der Waals surface area contributed by atoms with E-state index in [2.05, 4.69) is 61.6 Å². The van der Waals surface area contributed by atoms with E-state index in [0.717, 1.165) is 12.8 Å². The van der Waals surface area contributed by atoms with Gasteiger partial charge in [0.2, 0.25) is 6.04 Å². The van der Waals surface area contributed by atoms with E-state index in [-0.39, 0.29) is 16.9 Å². The Morgan fingerprint density at radius 3 is 2.83 bits per heavy atom. The van der Waals surface area contributed by atoms with Gasteiger partial charge in [0, 0.05) is 17.1 Å². The number of rotatable bonds is 1. The fraction of sp³-hybridized carbons (Fsp3) is 0.476. The Kier molecular flexibility index (Phi) is 2.86. The summed E-state index contributed by atoms with van der Waals surface area (Å²) in [5.74, 6) is 0.812. The van der Waals surface area contributed by atoms with Crippen molar-refractivity contribution in [2.75, 3.05) is 0 Å². The number of hydrogen-bond acceptors (Lipinski definition) is 0. The van der Waals surface area contributed by atoms with Gasteiger partial charge in [-0.15, -0.1) is 6.58 Å². The van der Waals surface area contributed by atoms with Gasteiger partial charge in [0.05, 0.1) is 11.3 Å². The Labute approximate surface area is 138 Å². The molecule has 1 aromatic heterocycles. The van der Waals surface area contributed by atoms with E-state index in [1.165, 1.54) is 22.0 Å². The van der Waals surface area contributed by atoms with Crippen molar-refractivity contribution in [2.45, 2.75) is 51.0 Å². The highest BCUT2D eigenvalue weighted by atomic mass is 14.8. The summed E-state index contributed by atoms with van der Waals surface area (Å²) in [6, 6.07) is 6.57. The van der Waals surface area contributed by atoms with Gasteiger partial charge in [-0.3, -0.25) is 0 Å². The lowest BCUT2D eigenvalue weighted by Crippen LogP contribution is -2.49. The predicted molar refractivity (Wildman–Crippen MR) is 95.5 cm³/mol. The van der Waals surface area contributed by atoms with Crippen molar-refractivity contribution in [3.8, 4) is 0 Å². The first-order valence-electron chi connectivity index (χ1n) is 8.54. The predicted octanol–water partition coefficient (Wildman–Crippen LogP) is 5.43. The zero-order valence-electron chi connectivity index (χ0n) is 14.2. The highest BCUT2D eigenvalue weighted by Gasteiger charge is 2.57. The summed E-state index contributed by atoms with van der Waals surface area (Å²) < 4.78 is 0. The second kappa shape index (κ2) is 4.51. The van der Waals surface area contributed by atoms with E-state index in [0.29, 0.717) is 11.8 Å². The molecule has 2 nitrogen and oxygen atoms in total. The van der Waals surface area contributed by atoms with Crippen LogP contribution >= 0.6 is 0 Å². The SMILES string of the molecule is [C-]#[N+][C@@H]1[C@@H]2c3c[nH]c4cccc(c34)C(C)(C)[C@@H]2CC[C@]1(C)C=C. The van der Waals surface area contributed by atoms with Gasteiger partial charge < -0.3 is 9.83 Å². The fourth-order valence-electron chi connectivity index (χ4n) is 5.28. The molecule has 1 saturated carbocycles. The van der Waals surface area contributed by atoms with E-state index in [1.54, 1.807) is 0 Å². The Bertz CT molecular complexity index is 835. The molecule has 2 heteroatoms. The van der Waals surface area contributed by atoms with E-state index in [1.807, 2.05) is 6.08 Å². The Balaban J connectivity index is 2.02. The molecule has 0 amide bonds. The molecule has 1 heterocycles. The fourth-order valence-corrected chi connectivity index (χ4v) is 5.28. The maximum atomic E-state index is 7.90. The zero-order chi connectivity index (χ0) is 16.4. The summed E-state index contributed by atoms with van der Waals surface area (Å²) in [7, 11) is 0. The number of aromatic amines is 1. The Hall–Kier alpha value is -2.01. The van der Waals surface area contributed by atoms with Crippen molar-refractivity contribution in [3.05, 3.63) is 59.6 Å². The molecule has 0 saturated heterocycles. The molecule has 4 atom stereocenters. The molecule has 2 aliphatic carbocycles. The number of nitrogens with zero attached hydrogens (tertiary/aromatic N) is 1. The molecule has 1 N–H and O–H groups in total. The average Bonchev–Trinajstić information content (AvgIpc) is 2.97. The van der Waals surface area contributed by atoms with Crippen LogP contribution in [0.4, 0.5) is 0 Å². The second-order valence-corrected chi connectivity index (χ2v) is 8.15. The summed E-state index contributed by atoms with van der Waals surface area (Å²) in [5, 5.41) is 1.36. The number of benzene rings is 1. The maximum absolute atomic E-state index is 7.90. The van der Waals surface area contributed by atoms with Gasteiger partial charge in [0.15, 0.2) is 0 Å². The number of aromatic nitrogens is 1. The monoisotopic (exact) mass is 304 g/mol. The van der Waals surface area contributed by atoms with Crippen molar-refractivity contribution in [2.24, 2.45) is 11.3 Å². The van der Waals surface area contributed by atoms with Gasteiger partial charge in [-0.05, 0) is 48.3 Å². The number of H-pyrrole nitrogens is 1. The molecule has 0 bridgehead atoms. The third-order valence-electron chi connectivity index (χ3n) is 6.77. The first-order valence-corrected chi connectivity index (χ1v) is 8.54. The van der Waals surface area contributed by atoms with E-state index in [9.17, 15) is 0 Å². The van der Waals surface area contributed by atoms with Crippen LogP contribution in [0.5, 0.6) is 0 Å². The van der Waals surface area contributed by atoms with Crippen molar-refractivity contribution in [3.63, 3.8) is 0 Å². The molecule has 4 rings (SSSR count). The van der Waals surface area contributed by atoms with Crippen LogP contribution in [-0.2, 0) is 5.41 Å². The third kappa shape index (κ3) is 1.68. The largest absolute Gasteiger partial charge is 0.361 e. The molecular formula is C21H24N2. The first kappa shape index (κ1) is 14.6. The standard InChI is InChI=1S/C21H24N2/c1-6-21(4)11-10-15-18(19(21)22-5)13-12-23-16-9-7-8-14(17(13)16)20(15,2)3/h6-9,12,15,18-19,23H,1,10-11H2,2-4H3/t15-,18-,19-,21+/m1/s1. The molecule has 1 fully saturated rings. The highest BCUT2D eigenvalue weighted by molar-refractivity contribution is 5.89. The maximum Gasteiger partial charge on any atom is 0.239 e. The Morgan fingerprint density at radius 2 is 2.13 bits per heavy atom. The third-order valence-corrected chi connectivity index (χ3v) is 6.77. The lowest BCUT2D eigenvalue weighted by molar-refractivity contribution is 0.119. The number of nitrogens with one attached hydrogen (secondary N) is 1. The summed E-state index contributed by atoms with van der Waals surface area (Å²) in [6.07, 6.45) is 6.41. The zero-order valence-corrected chi connectivity index (χ0v) is 14.2. The molecule has 118 valence electrons. The summed E-state index contributed by atoms with van der Waals surface area (Å²) in [5.41, 5.74) is 4.02. The topological polar surface area (TPSA) is 20.1 Å². The molecule has 1 aromatic carbocycles. The number of hydrogen-bond donors (Lipinski definition) is 1. The van der Waals surface area contributed by atoms with Crippen LogP contribution in [0.1, 0.15) is 50.7 Å². The summed E-state index contributed by atoms with van der Waals surface area (Å²) >= 11 is 0. The van der Waals surface area contributed by atoms with Crippen LogP contribution in [0.15, 0.2) is 37.1 Å². The molecule has 23 heavy (non-hydrogen) atoms. The van der Waals surface area contributed by atoms with Crippen molar-refractivity contribution in [1.82, 2.24) is 4.98 Å². The van der Waals surface area contributed by atoms with Crippen LogP contribution in [0.2, 0.25) is 0 Å². The van der Waals surface area contributed by atoms with Crippen LogP contribution in [0.25, 0.3) is 15.7 Å². The molecule has 0 unspecified atom stereocenters. The first-order chi connectivity index (χ1) is 10.9. The van der Waals surface area contributed by atoms with Crippen molar-refractivity contribution in [1.29, 1.82) is 0 Å². The van der Waals surface area contributed by atoms with Crippen molar-refractivity contribution < 1.29 is 0 Å². The van der Waals surface area contributed by atoms with Gasteiger partial charge in [0.25, 0.3) is 0 Å². The summed E-state index contributed by atoms with van der Waals surface area (Å²) in [4.78, 5) is 7.58. The smallest absolute Gasteiger partial charge is 0.239 e. The minimum Gasteiger partial charge on any atom is -0.361 e. The Morgan fingerprint density at radius 1 is 1.35 bits per heavy atom. The van der Waals surface area contributed by atoms with Gasteiger partial charge in [-0.1, -0.05) is 32.1 Å². The van der Waals surface area contributed by atoms with Crippen molar-refractivity contribution >= 4 is 10.9 Å². The normalized spacial score (nSPS) is 34.6. The minimum absolute atomic E-state index is 0.0228. The van der Waals surface area contributed by atoms with Crippen LogP contribution in [-0.4, -0.2) is 11.0 Å². The van der Waals surface area contributed by atoms with Crippen LogP contribution in [0, 0.1) is 17.9 Å². The van der Waals surface area contributed by atoms with E-state index < -0.39 is 0 Å². The molecule has 0 aliphatic heterocycles. The minimum atomic E-state index is -0.0884. The van der Waals surface area contributed by atoms with E-state index in [4.69, 9.17) is 6.57 Å². The van der Waals surface area contributed by atoms with Gasteiger partial charge in [-0.2, -0.15) is 0 Å². The molecular weight excluding hydrogens is 280 g/mol. The summed E-state index contributed by atoms with van der Waals surface area (Å²) in [6.45, 7) is 18.9. The average molecular weight is 304 g/mol. The molecule has 0 spiro atoms. The van der Waals surface area contributed by atoms with E-state index >= 15 is 0 Å². The molecule has 2 aliphatic rings.